The Balaban J connectivity index is 3.07. The Morgan fingerprint density at radius 1 is 1.47 bits per heavy atom. The first-order valence-electron chi connectivity index (χ1n) is 5.05. The lowest BCUT2D eigenvalue weighted by atomic mass is 10.3. The van der Waals surface area contributed by atoms with Crippen LogP contribution in [0.4, 0.5) is 10.1 Å². The summed E-state index contributed by atoms with van der Waals surface area (Å²) in [5.41, 5.74) is -0.656. The van der Waals surface area contributed by atoms with Crippen LogP contribution >= 0.6 is 11.6 Å². The van der Waals surface area contributed by atoms with Gasteiger partial charge >= 0.3 is 5.69 Å². The lowest BCUT2D eigenvalue weighted by molar-refractivity contribution is -0.387. The van der Waals surface area contributed by atoms with Gasteiger partial charge in [0.05, 0.1) is 16.0 Å². The Kier molecular flexibility index (Phi) is 4.65. The summed E-state index contributed by atoms with van der Waals surface area (Å²) in [5.74, 6) is -0.907. The fourth-order valence-electron chi connectivity index (χ4n) is 1.22. The van der Waals surface area contributed by atoms with Crippen molar-refractivity contribution in [2.24, 2.45) is 0 Å². The summed E-state index contributed by atoms with van der Waals surface area (Å²) in [6.07, 6.45) is 0. The van der Waals surface area contributed by atoms with Crippen LogP contribution in [-0.4, -0.2) is 23.1 Å². The number of halogens is 2. The van der Waals surface area contributed by atoms with Crippen molar-refractivity contribution in [1.82, 2.24) is 5.06 Å². The number of hydroxylamine groups is 2. The molecular weight excluding hydrogens is 251 g/mol. The lowest BCUT2D eigenvalue weighted by Crippen LogP contribution is -2.26. The number of hydrogen-bond acceptors (Lipinski definition) is 4. The van der Waals surface area contributed by atoms with Crippen LogP contribution in [-0.2, 0) is 0 Å². The summed E-state index contributed by atoms with van der Waals surface area (Å²) in [5, 5.41) is 12.1. The molecule has 1 aromatic rings. The first kappa shape index (κ1) is 13.7. The van der Waals surface area contributed by atoms with E-state index in [-0.39, 0.29) is 10.8 Å². The minimum Gasteiger partial charge on any atom is -0.404 e. The largest absolute Gasteiger partial charge is 0.404 e. The van der Waals surface area contributed by atoms with Gasteiger partial charge in [-0.3, -0.25) is 10.1 Å². The van der Waals surface area contributed by atoms with E-state index in [1.54, 1.807) is 5.06 Å². The van der Waals surface area contributed by atoms with Crippen LogP contribution in [0.3, 0.4) is 0 Å². The third-order valence-electron chi connectivity index (χ3n) is 2.13. The molecule has 1 aromatic carbocycles. The summed E-state index contributed by atoms with van der Waals surface area (Å²) >= 11 is 5.75. The van der Waals surface area contributed by atoms with E-state index in [1.807, 2.05) is 13.8 Å². The molecule has 0 radical (unpaired) electrons. The maximum Gasteiger partial charge on any atom is 0.308 e. The Labute approximate surface area is 103 Å². The highest BCUT2D eigenvalue weighted by Gasteiger charge is 2.19. The van der Waals surface area contributed by atoms with Crippen LogP contribution in [0.5, 0.6) is 5.75 Å². The van der Waals surface area contributed by atoms with Crippen molar-refractivity contribution in [1.29, 1.82) is 0 Å². The van der Waals surface area contributed by atoms with Gasteiger partial charge in [0.25, 0.3) is 0 Å². The van der Waals surface area contributed by atoms with Gasteiger partial charge in [-0.15, -0.1) is 5.06 Å². The van der Waals surface area contributed by atoms with Gasteiger partial charge in [0.15, 0.2) is 5.75 Å². The van der Waals surface area contributed by atoms with E-state index in [0.29, 0.717) is 13.1 Å². The molecule has 94 valence electrons. The van der Waals surface area contributed by atoms with Crippen molar-refractivity contribution in [3.8, 4) is 5.75 Å². The Morgan fingerprint density at radius 2 is 2.06 bits per heavy atom. The zero-order valence-corrected chi connectivity index (χ0v) is 10.2. The quantitative estimate of drug-likeness (QED) is 0.605. The number of rotatable bonds is 5. The molecule has 0 saturated carbocycles. The van der Waals surface area contributed by atoms with Gasteiger partial charge < -0.3 is 4.84 Å². The van der Waals surface area contributed by atoms with Gasteiger partial charge in [-0.2, -0.15) is 4.39 Å². The topological polar surface area (TPSA) is 55.6 Å². The molecule has 0 spiro atoms. The summed E-state index contributed by atoms with van der Waals surface area (Å²) in [6, 6.07) is 1.86. The van der Waals surface area contributed by atoms with Crippen LogP contribution in [0.1, 0.15) is 13.8 Å². The molecule has 0 aliphatic carbocycles. The van der Waals surface area contributed by atoms with Gasteiger partial charge in [-0.1, -0.05) is 11.6 Å². The summed E-state index contributed by atoms with van der Waals surface area (Å²) in [4.78, 5) is 15.1. The highest BCUT2D eigenvalue weighted by atomic mass is 35.5. The van der Waals surface area contributed by atoms with Crippen molar-refractivity contribution < 1.29 is 14.2 Å². The number of hydrogen-bond donors (Lipinski definition) is 0. The molecule has 0 heterocycles. The van der Waals surface area contributed by atoms with Crippen LogP contribution in [0.15, 0.2) is 12.1 Å². The van der Waals surface area contributed by atoms with Crippen LogP contribution in [0.2, 0.25) is 5.02 Å². The molecular formula is C10H12ClFN2O3. The second kappa shape index (κ2) is 5.79. The van der Waals surface area contributed by atoms with E-state index in [9.17, 15) is 14.5 Å². The molecule has 0 bridgehead atoms. The van der Waals surface area contributed by atoms with Crippen molar-refractivity contribution in [3.05, 3.63) is 33.1 Å². The fourth-order valence-corrected chi connectivity index (χ4v) is 1.40. The average molecular weight is 263 g/mol. The second-order valence-corrected chi connectivity index (χ2v) is 3.60. The van der Waals surface area contributed by atoms with Crippen molar-refractivity contribution in [3.63, 3.8) is 0 Å². The van der Waals surface area contributed by atoms with Crippen LogP contribution in [0.25, 0.3) is 0 Å². The predicted octanol–water partition coefficient (Wildman–Crippen LogP) is 3.02. The van der Waals surface area contributed by atoms with E-state index in [1.165, 1.54) is 0 Å². The second-order valence-electron chi connectivity index (χ2n) is 3.20. The molecule has 5 nitrogen and oxygen atoms in total. The van der Waals surface area contributed by atoms with Gasteiger partial charge in [0.1, 0.15) is 0 Å². The molecule has 7 heteroatoms. The zero-order valence-electron chi connectivity index (χ0n) is 9.44. The summed E-state index contributed by atoms with van der Waals surface area (Å²) in [7, 11) is 0. The van der Waals surface area contributed by atoms with E-state index < -0.39 is 16.4 Å². The molecule has 0 aliphatic rings. The van der Waals surface area contributed by atoms with Crippen molar-refractivity contribution in [2.45, 2.75) is 13.8 Å². The Bertz CT molecular complexity index is 424. The fraction of sp³-hybridized carbons (Fsp3) is 0.400. The van der Waals surface area contributed by atoms with Crippen molar-refractivity contribution in [2.75, 3.05) is 13.1 Å². The monoisotopic (exact) mass is 262 g/mol. The molecule has 0 aliphatic heterocycles. The zero-order chi connectivity index (χ0) is 13.0. The third kappa shape index (κ3) is 3.28. The highest BCUT2D eigenvalue weighted by molar-refractivity contribution is 6.32. The normalized spacial score (nSPS) is 10.6. The van der Waals surface area contributed by atoms with Gasteiger partial charge in [-0.25, -0.2) is 0 Å². The minimum atomic E-state index is -0.980. The number of nitro groups is 1. The number of nitro benzene ring substituents is 1. The molecule has 0 amide bonds. The minimum absolute atomic E-state index is 0.000000000000000444. The first-order valence-corrected chi connectivity index (χ1v) is 5.43. The highest BCUT2D eigenvalue weighted by Crippen LogP contribution is 2.32. The molecule has 17 heavy (non-hydrogen) atoms. The first-order chi connectivity index (χ1) is 7.99. The van der Waals surface area contributed by atoms with E-state index >= 15 is 0 Å². The van der Waals surface area contributed by atoms with Crippen LogP contribution in [0, 0.1) is 15.9 Å². The number of benzene rings is 1. The number of nitrogens with zero attached hydrogens (tertiary/aromatic N) is 2. The summed E-state index contributed by atoms with van der Waals surface area (Å²) in [6.45, 7) is 4.88. The maximum atomic E-state index is 13.2. The van der Waals surface area contributed by atoms with E-state index in [4.69, 9.17) is 16.4 Å². The third-order valence-corrected chi connectivity index (χ3v) is 2.43. The molecule has 0 unspecified atom stereocenters. The molecule has 0 N–H and O–H groups in total. The van der Waals surface area contributed by atoms with E-state index in [0.717, 1.165) is 12.1 Å². The predicted molar refractivity (Wildman–Crippen MR) is 61.6 cm³/mol. The lowest BCUT2D eigenvalue weighted by Gasteiger charge is -2.19. The summed E-state index contributed by atoms with van der Waals surface area (Å²) < 4.78 is 13.2. The van der Waals surface area contributed by atoms with Gasteiger partial charge in [0.2, 0.25) is 5.82 Å². The average Bonchev–Trinajstić information content (AvgIpc) is 2.27. The van der Waals surface area contributed by atoms with Gasteiger partial charge in [-0.05, 0) is 13.8 Å². The Morgan fingerprint density at radius 3 is 2.53 bits per heavy atom. The molecule has 0 saturated heterocycles. The smallest absolute Gasteiger partial charge is 0.308 e. The van der Waals surface area contributed by atoms with Gasteiger partial charge in [0, 0.05) is 19.2 Å². The SMILES string of the molecule is CCN(CC)Oc1cc([N+](=O)[O-])c(F)cc1Cl. The van der Waals surface area contributed by atoms with Crippen molar-refractivity contribution >= 4 is 17.3 Å². The molecule has 0 atom stereocenters. The van der Waals surface area contributed by atoms with E-state index in [2.05, 4.69) is 0 Å². The Hall–Kier alpha value is -1.40. The standard InChI is InChI=1S/C10H12ClFN2O3/c1-3-13(4-2)17-10-6-9(14(15)16)8(12)5-7(10)11/h5-6H,3-4H2,1-2H3. The van der Waals surface area contributed by atoms with Crippen LogP contribution < -0.4 is 4.84 Å². The molecule has 0 fully saturated rings. The molecule has 0 aromatic heterocycles. The molecule has 1 rings (SSSR count). The maximum absolute atomic E-state index is 13.2.